The maximum Gasteiger partial charge on any atom is 0.0623 e. The van der Waals surface area contributed by atoms with E-state index < -0.39 is 0 Å². The van der Waals surface area contributed by atoms with Gasteiger partial charge in [0, 0.05) is 6.61 Å². The molecule has 1 aliphatic heterocycles. The van der Waals surface area contributed by atoms with Gasteiger partial charge in [0.05, 0.1) is 6.10 Å². The quantitative estimate of drug-likeness (QED) is 0.546. The first-order valence-electron chi connectivity index (χ1n) is 4.33. The molecule has 0 aromatic rings. The van der Waals surface area contributed by atoms with Crippen molar-refractivity contribution in [3.05, 3.63) is 0 Å². The van der Waals surface area contributed by atoms with Crippen LogP contribution in [0.1, 0.15) is 33.6 Å². The van der Waals surface area contributed by atoms with E-state index in [0.29, 0.717) is 12.0 Å². The second-order valence-corrected chi connectivity index (χ2v) is 3.70. The molecule has 0 spiro atoms. The zero-order valence-corrected chi connectivity index (χ0v) is 7.26. The molecule has 0 aromatic carbocycles. The summed E-state index contributed by atoms with van der Waals surface area (Å²) in [6.45, 7) is 7.76. The third-order valence-corrected chi connectivity index (χ3v) is 2.33. The largest absolute Gasteiger partial charge is 0.378 e. The highest BCUT2D eigenvalue weighted by atomic mass is 16.5. The molecule has 2 atom stereocenters. The second-order valence-electron chi connectivity index (χ2n) is 3.70. The minimum atomic E-state index is 0.522. The van der Waals surface area contributed by atoms with Gasteiger partial charge in [-0.3, -0.25) is 0 Å². The van der Waals surface area contributed by atoms with E-state index in [1.165, 1.54) is 12.8 Å². The summed E-state index contributed by atoms with van der Waals surface area (Å²) >= 11 is 0. The molecule has 1 rings (SSSR count). The zero-order chi connectivity index (χ0) is 7.56. The lowest BCUT2D eigenvalue weighted by molar-refractivity contribution is -0.0464. The van der Waals surface area contributed by atoms with Gasteiger partial charge in [-0.1, -0.05) is 20.8 Å². The molecule has 1 fully saturated rings. The van der Waals surface area contributed by atoms with E-state index in [0.717, 1.165) is 12.5 Å². The van der Waals surface area contributed by atoms with E-state index in [9.17, 15) is 0 Å². The minimum Gasteiger partial charge on any atom is -0.378 e. The fraction of sp³-hybridized carbons (Fsp3) is 1.00. The predicted molar refractivity (Wildman–Crippen MR) is 43.0 cm³/mol. The van der Waals surface area contributed by atoms with Crippen molar-refractivity contribution in [2.45, 2.75) is 39.7 Å². The first kappa shape index (κ1) is 8.06. The van der Waals surface area contributed by atoms with Gasteiger partial charge >= 0.3 is 0 Å². The van der Waals surface area contributed by atoms with Crippen LogP contribution in [0.4, 0.5) is 0 Å². The average Bonchev–Trinajstić information content (AvgIpc) is 1.88. The van der Waals surface area contributed by atoms with Crippen molar-refractivity contribution in [2.75, 3.05) is 6.61 Å². The molecule has 1 heterocycles. The van der Waals surface area contributed by atoms with Crippen LogP contribution in [0.2, 0.25) is 0 Å². The summed E-state index contributed by atoms with van der Waals surface area (Å²) in [4.78, 5) is 0. The lowest BCUT2D eigenvalue weighted by Gasteiger charge is -2.31. The number of ether oxygens (including phenoxy) is 1. The van der Waals surface area contributed by atoms with E-state index in [4.69, 9.17) is 4.74 Å². The van der Waals surface area contributed by atoms with E-state index in [2.05, 4.69) is 20.8 Å². The molecule has 60 valence electrons. The maximum absolute atomic E-state index is 5.65. The molecule has 1 aliphatic rings. The lowest BCUT2D eigenvalue weighted by atomic mass is 9.89. The number of hydrogen-bond acceptors (Lipinski definition) is 1. The Labute approximate surface area is 63.8 Å². The summed E-state index contributed by atoms with van der Waals surface area (Å²) in [6.07, 6.45) is 3.13. The molecule has 0 bridgehead atoms. The molecule has 0 saturated carbocycles. The molecule has 10 heavy (non-hydrogen) atoms. The molecule has 0 unspecified atom stereocenters. The van der Waals surface area contributed by atoms with Crippen LogP contribution in [0.3, 0.4) is 0 Å². The minimum absolute atomic E-state index is 0.522. The van der Waals surface area contributed by atoms with Gasteiger partial charge in [0.25, 0.3) is 0 Å². The molecule has 1 nitrogen and oxygen atoms in total. The molecule has 1 saturated heterocycles. The monoisotopic (exact) mass is 142 g/mol. The van der Waals surface area contributed by atoms with Gasteiger partial charge < -0.3 is 4.74 Å². The van der Waals surface area contributed by atoms with E-state index in [-0.39, 0.29) is 0 Å². The predicted octanol–water partition coefficient (Wildman–Crippen LogP) is 2.46. The highest BCUT2D eigenvalue weighted by molar-refractivity contribution is 4.73. The van der Waals surface area contributed by atoms with Gasteiger partial charge in [-0.25, -0.2) is 0 Å². The number of rotatable bonds is 1. The van der Waals surface area contributed by atoms with Gasteiger partial charge in [-0.05, 0) is 24.7 Å². The normalized spacial score (nSPS) is 34.8. The molecule has 0 aliphatic carbocycles. The number of hydrogen-bond donors (Lipinski definition) is 0. The van der Waals surface area contributed by atoms with Crippen molar-refractivity contribution in [2.24, 2.45) is 11.8 Å². The van der Waals surface area contributed by atoms with Gasteiger partial charge in [0.1, 0.15) is 0 Å². The zero-order valence-electron chi connectivity index (χ0n) is 7.26. The summed E-state index contributed by atoms with van der Waals surface area (Å²) in [6, 6.07) is 0. The molecular weight excluding hydrogens is 124 g/mol. The summed E-state index contributed by atoms with van der Waals surface area (Å²) in [5.74, 6) is 1.46. The van der Waals surface area contributed by atoms with E-state index >= 15 is 0 Å². The molecule has 1 heteroatoms. The third kappa shape index (κ3) is 1.72. The molecule has 0 amide bonds. The van der Waals surface area contributed by atoms with Crippen LogP contribution in [0.5, 0.6) is 0 Å². The van der Waals surface area contributed by atoms with Crippen LogP contribution >= 0.6 is 0 Å². The van der Waals surface area contributed by atoms with Crippen molar-refractivity contribution in [3.8, 4) is 0 Å². The lowest BCUT2D eigenvalue weighted by Crippen LogP contribution is -2.31. The summed E-state index contributed by atoms with van der Waals surface area (Å²) in [5.41, 5.74) is 0. The Morgan fingerprint density at radius 3 is 2.50 bits per heavy atom. The van der Waals surface area contributed by atoms with Crippen LogP contribution in [-0.2, 0) is 4.74 Å². The van der Waals surface area contributed by atoms with Gasteiger partial charge in [-0.2, -0.15) is 0 Å². The highest BCUT2D eigenvalue weighted by Gasteiger charge is 2.24. The maximum atomic E-state index is 5.65. The Morgan fingerprint density at radius 2 is 2.10 bits per heavy atom. The molecular formula is C9H18O. The topological polar surface area (TPSA) is 9.23 Å². The van der Waals surface area contributed by atoms with Crippen molar-refractivity contribution < 1.29 is 4.74 Å². The van der Waals surface area contributed by atoms with Crippen LogP contribution in [0.25, 0.3) is 0 Å². The summed E-state index contributed by atoms with van der Waals surface area (Å²) in [5, 5.41) is 0. The highest BCUT2D eigenvalue weighted by Crippen LogP contribution is 2.25. The Kier molecular flexibility index (Phi) is 2.72. The summed E-state index contributed by atoms with van der Waals surface area (Å²) in [7, 11) is 0. The van der Waals surface area contributed by atoms with E-state index in [1.54, 1.807) is 0 Å². The van der Waals surface area contributed by atoms with Crippen molar-refractivity contribution in [3.63, 3.8) is 0 Å². The van der Waals surface area contributed by atoms with Crippen molar-refractivity contribution in [1.82, 2.24) is 0 Å². The Morgan fingerprint density at radius 1 is 1.40 bits per heavy atom. The van der Waals surface area contributed by atoms with Crippen molar-refractivity contribution >= 4 is 0 Å². The molecule has 0 aromatic heterocycles. The van der Waals surface area contributed by atoms with E-state index in [1.807, 2.05) is 0 Å². The first-order chi connectivity index (χ1) is 4.72. The van der Waals surface area contributed by atoms with Crippen LogP contribution < -0.4 is 0 Å². The SMILES string of the molecule is CC(C)[C@@H]1OCCC[C@@H]1C. The van der Waals surface area contributed by atoms with Crippen LogP contribution in [0.15, 0.2) is 0 Å². The standard InChI is InChI=1S/C9H18O/c1-7(2)9-8(3)5-4-6-10-9/h7-9H,4-6H2,1-3H3/t8-,9-/m0/s1. The smallest absolute Gasteiger partial charge is 0.0623 e. The van der Waals surface area contributed by atoms with Gasteiger partial charge in [0.2, 0.25) is 0 Å². The Hall–Kier alpha value is -0.0400. The fourth-order valence-electron chi connectivity index (χ4n) is 1.80. The Balaban J connectivity index is 2.40. The first-order valence-corrected chi connectivity index (χ1v) is 4.33. The van der Waals surface area contributed by atoms with Gasteiger partial charge in [-0.15, -0.1) is 0 Å². The average molecular weight is 142 g/mol. The van der Waals surface area contributed by atoms with Gasteiger partial charge in [0.15, 0.2) is 0 Å². The molecule has 0 N–H and O–H groups in total. The van der Waals surface area contributed by atoms with Crippen LogP contribution in [0, 0.1) is 11.8 Å². The summed E-state index contributed by atoms with van der Waals surface area (Å²) < 4.78 is 5.65. The fourth-order valence-corrected chi connectivity index (χ4v) is 1.80. The second kappa shape index (κ2) is 3.38. The Bertz CT molecular complexity index is 98.9. The third-order valence-electron chi connectivity index (χ3n) is 2.33. The molecule has 0 radical (unpaired) electrons. The van der Waals surface area contributed by atoms with Crippen molar-refractivity contribution in [1.29, 1.82) is 0 Å². The van der Waals surface area contributed by atoms with Crippen LogP contribution in [-0.4, -0.2) is 12.7 Å².